The Bertz CT molecular complexity index is 676. The van der Waals surface area contributed by atoms with Crippen LogP contribution in [0.15, 0.2) is 53.2 Å². The molecule has 0 unspecified atom stereocenters. The number of rotatable bonds is 7. The second-order valence-corrected chi connectivity index (χ2v) is 4.43. The van der Waals surface area contributed by atoms with Crippen LogP contribution in [0.2, 0.25) is 0 Å². The summed E-state index contributed by atoms with van der Waals surface area (Å²) in [6, 6.07) is 10.4. The normalized spacial score (nSPS) is 10.5. The van der Waals surface area contributed by atoms with Gasteiger partial charge in [-0.25, -0.2) is 4.79 Å². The standard InChI is InChI=1S/C17H17NO5/c1-2-21-15-8-4-3-7-14(15)18-16(19)12-23-17(20)10-9-13-6-5-11-22-13/h3-11H,2,12H2,1H3,(H,18,19)/b10-9+. The van der Waals surface area contributed by atoms with Crippen LogP contribution >= 0.6 is 0 Å². The Morgan fingerprint density at radius 1 is 1.22 bits per heavy atom. The Morgan fingerprint density at radius 2 is 2.04 bits per heavy atom. The van der Waals surface area contributed by atoms with E-state index in [1.165, 1.54) is 18.4 Å². The number of carbonyl (C=O) groups excluding carboxylic acids is 2. The number of furan rings is 1. The average molecular weight is 315 g/mol. The fourth-order valence-corrected chi connectivity index (χ4v) is 1.76. The Labute approximate surface area is 133 Å². The number of hydrogen-bond acceptors (Lipinski definition) is 5. The summed E-state index contributed by atoms with van der Waals surface area (Å²) < 4.78 is 15.3. The van der Waals surface area contributed by atoms with Crippen molar-refractivity contribution in [3.63, 3.8) is 0 Å². The van der Waals surface area contributed by atoms with Crippen molar-refractivity contribution in [1.29, 1.82) is 0 Å². The third-order valence-corrected chi connectivity index (χ3v) is 2.73. The van der Waals surface area contributed by atoms with Crippen molar-refractivity contribution in [3.8, 4) is 5.75 Å². The van der Waals surface area contributed by atoms with E-state index >= 15 is 0 Å². The molecule has 1 aromatic heterocycles. The predicted octanol–water partition coefficient (Wildman–Crippen LogP) is 2.87. The molecule has 1 amide bonds. The molecule has 2 rings (SSSR count). The molecule has 23 heavy (non-hydrogen) atoms. The second-order valence-electron chi connectivity index (χ2n) is 4.43. The molecule has 0 fully saturated rings. The molecule has 1 N–H and O–H groups in total. The third kappa shape index (κ3) is 5.35. The fourth-order valence-electron chi connectivity index (χ4n) is 1.76. The maximum absolute atomic E-state index is 11.8. The second kappa shape index (κ2) is 8.43. The van der Waals surface area contributed by atoms with E-state index in [9.17, 15) is 9.59 Å². The molecular weight excluding hydrogens is 298 g/mol. The van der Waals surface area contributed by atoms with Gasteiger partial charge < -0.3 is 19.2 Å². The summed E-state index contributed by atoms with van der Waals surface area (Å²) in [7, 11) is 0. The van der Waals surface area contributed by atoms with Crippen LogP contribution < -0.4 is 10.1 Å². The van der Waals surface area contributed by atoms with Gasteiger partial charge >= 0.3 is 5.97 Å². The summed E-state index contributed by atoms with van der Waals surface area (Å²) in [6.07, 6.45) is 4.15. The lowest BCUT2D eigenvalue weighted by atomic mass is 10.3. The quantitative estimate of drug-likeness (QED) is 0.628. The molecule has 1 aromatic carbocycles. The van der Waals surface area contributed by atoms with Gasteiger partial charge in [0.2, 0.25) is 0 Å². The first-order chi connectivity index (χ1) is 11.2. The molecule has 6 heteroatoms. The van der Waals surface area contributed by atoms with Gasteiger partial charge in [-0.2, -0.15) is 0 Å². The minimum absolute atomic E-state index is 0.387. The first-order valence-corrected chi connectivity index (χ1v) is 7.09. The van der Waals surface area contributed by atoms with E-state index in [0.29, 0.717) is 23.8 Å². The van der Waals surface area contributed by atoms with Gasteiger partial charge in [0.15, 0.2) is 6.61 Å². The fraction of sp³-hybridized carbons (Fsp3) is 0.176. The number of amides is 1. The van der Waals surface area contributed by atoms with Crippen molar-refractivity contribution < 1.29 is 23.5 Å². The van der Waals surface area contributed by atoms with Gasteiger partial charge in [0.1, 0.15) is 11.5 Å². The zero-order valence-electron chi connectivity index (χ0n) is 12.7. The molecular formula is C17H17NO5. The number of ether oxygens (including phenoxy) is 2. The summed E-state index contributed by atoms with van der Waals surface area (Å²) >= 11 is 0. The van der Waals surface area contributed by atoms with E-state index in [2.05, 4.69) is 5.32 Å². The SMILES string of the molecule is CCOc1ccccc1NC(=O)COC(=O)/C=C/c1ccco1. The van der Waals surface area contributed by atoms with Crippen LogP contribution in [0.4, 0.5) is 5.69 Å². The zero-order chi connectivity index (χ0) is 16.5. The number of benzene rings is 1. The van der Waals surface area contributed by atoms with Crippen LogP contribution in [0.25, 0.3) is 6.08 Å². The first kappa shape index (κ1) is 16.4. The minimum atomic E-state index is -0.630. The predicted molar refractivity (Wildman–Crippen MR) is 84.9 cm³/mol. The van der Waals surface area contributed by atoms with Gasteiger partial charge in [-0.3, -0.25) is 4.79 Å². The molecule has 0 saturated heterocycles. The Morgan fingerprint density at radius 3 is 2.78 bits per heavy atom. The van der Waals surface area contributed by atoms with Crippen molar-refractivity contribution in [2.45, 2.75) is 6.92 Å². The summed E-state index contributed by atoms with van der Waals surface area (Å²) in [5, 5.41) is 2.64. The number of esters is 1. The lowest BCUT2D eigenvalue weighted by Crippen LogP contribution is -2.20. The molecule has 0 spiro atoms. The van der Waals surface area contributed by atoms with Gasteiger partial charge in [0.25, 0.3) is 5.91 Å². The summed E-state index contributed by atoms with van der Waals surface area (Å²) in [5.41, 5.74) is 0.529. The van der Waals surface area contributed by atoms with E-state index < -0.39 is 11.9 Å². The van der Waals surface area contributed by atoms with E-state index in [1.807, 2.05) is 6.92 Å². The average Bonchev–Trinajstić information content (AvgIpc) is 3.06. The largest absolute Gasteiger partial charge is 0.492 e. The molecule has 0 bridgehead atoms. The maximum atomic E-state index is 11.8. The van der Waals surface area contributed by atoms with E-state index in [0.717, 1.165) is 0 Å². The Balaban J connectivity index is 1.82. The lowest BCUT2D eigenvalue weighted by Gasteiger charge is -2.11. The van der Waals surface area contributed by atoms with E-state index in [1.54, 1.807) is 36.4 Å². The molecule has 0 aliphatic carbocycles. The minimum Gasteiger partial charge on any atom is -0.492 e. The number of nitrogens with one attached hydrogen (secondary N) is 1. The smallest absolute Gasteiger partial charge is 0.331 e. The highest BCUT2D eigenvalue weighted by atomic mass is 16.5. The van der Waals surface area contributed by atoms with Crippen LogP contribution in [0.3, 0.4) is 0 Å². The third-order valence-electron chi connectivity index (χ3n) is 2.73. The van der Waals surface area contributed by atoms with Gasteiger partial charge in [-0.1, -0.05) is 12.1 Å². The van der Waals surface area contributed by atoms with Gasteiger partial charge in [0.05, 0.1) is 18.6 Å². The van der Waals surface area contributed by atoms with Crippen molar-refractivity contribution in [2.75, 3.05) is 18.5 Å². The number of anilines is 1. The molecule has 120 valence electrons. The molecule has 0 aliphatic heterocycles. The molecule has 0 saturated carbocycles. The lowest BCUT2D eigenvalue weighted by molar-refractivity contribution is -0.142. The number of carbonyl (C=O) groups is 2. The molecule has 2 aromatic rings. The van der Waals surface area contributed by atoms with Crippen LogP contribution in [-0.2, 0) is 14.3 Å². The van der Waals surface area contributed by atoms with Gasteiger partial charge in [-0.15, -0.1) is 0 Å². The highest BCUT2D eigenvalue weighted by molar-refractivity contribution is 5.95. The monoisotopic (exact) mass is 315 g/mol. The van der Waals surface area contributed by atoms with Crippen LogP contribution in [0.5, 0.6) is 5.75 Å². The first-order valence-electron chi connectivity index (χ1n) is 7.09. The number of hydrogen-bond donors (Lipinski definition) is 1. The summed E-state index contributed by atoms with van der Waals surface area (Å²) in [5.74, 6) is 0.0102. The van der Waals surface area contributed by atoms with Crippen LogP contribution in [0.1, 0.15) is 12.7 Å². The zero-order valence-corrected chi connectivity index (χ0v) is 12.7. The van der Waals surface area contributed by atoms with Gasteiger partial charge in [0, 0.05) is 6.08 Å². The molecule has 0 aliphatic rings. The van der Waals surface area contributed by atoms with Crippen molar-refractivity contribution in [1.82, 2.24) is 0 Å². The molecule has 1 heterocycles. The molecule has 6 nitrogen and oxygen atoms in total. The Hall–Kier alpha value is -3.02. The van der Waals surface area contributed by atoms with Crippen molar-refractivity contribution >= 4 is 23.6 Å². The molecule has 0 radical (unpaired) electrons. The van der Waals surface area contributed by atoms with Crippen molar-refractivity contribution in [3.05, 3.63) is 54.5 Å². The van der Waals surface area contributed by atoms with Crippen molar-refractivity contribution in [2.24, 2.45) is 0 Å². The van der Waals surface area contributed by atoms with E-state index in [4.69, 9.17) is 13.9 Å². The number of para-hydroxylation sites is 2. The summed E-state index contributed by atoms with van der Waals surface area (Å²) in [4.78, 5) is 23.3. The molecule has 0 atom stereocenters. The van der Waals surface area contributed by atoms with Crippen LogP contribution in [0, 0.1) is 0 Å². The highest BCUT2D eigenvalue weighted by Gasteiger charge is 2.09. The Kier molecular flexibility index (Phi) is 5.99. The van der Waals surface area contributed by atoms with Crippen LogP contribution in [-0.4, -0.2) is 25.1 Å². The van der Waals surface area contributed by atoms with Gasteiger partial charge in [-0.05, 0) is 37.3 Å². The highest BCUT2D eigenvalue weighted by Crippen LogP contribution is 2.23. The maximum Gasteiger partial charge on any atom is 0.331 e. The van der Waals surface area contributed by atoms with E-state index in [-0.39, 0.29) is 6.61 Å². The topological polar surface area (TPSA) is 77.8 Å². The summed E-state index contributed by atoms with van der Waals surface area (Å²) in [6.45, 7) is 1.95.